The molecule has 3 heteroatoms. The lowest BCUT2D eigenvalue weighted by Gasteiger charge is -2.16. The predicted molar refractivity (Wildman–Crippen MR) is 118 cm³/mol. The largest absolute Gasteiger partial charge is 0.417 e. The van der Waals surface area contributed by atoms with E-state index in [4.69, 9.17) is 4.74 Å². The summed E-state index contributed by atoms with van der Waals surface area (Å²) in [5.41, 5.74) is 5.54. The average Bonchev–Trinajstić information content (AvgIpc) is 2.67. The predicted octanol–water partition coefficient (Wildman–Crippen LogP) is 7.38. The van der Waals surface area contributed by atoms with Gasteiger partial charge in [0, 0.05) is 5.69 Å². The van der Waals surface area contributed by atoms with Crippen LogP contribution in [0, 0.1) is 13.8 Å². The lowest BCUT2D eigenvalue weighted by Crippen LogP contribution is -2.18. The van der Waals surface area contributed by atoms with E-state index in [9.17, 15) is 4.79 Å². The van der Waals surface area contributed by atoms with Crippen molar-refractivity contribution in [1.82, 2.24) is 0 Å². The summed E-state index contributed by atoms with van der Waals surface area (Å²) in [6, 6.07) is 12.0. The zero-order valence-electron chi connectivity index (χ0n) is 17.9. The summed E-state index contributed by atoms with van der Waals surface area (Å²) in [5, 5.41) is 2.90. The first kappa shape index (κ1) is 22.0. The van der Waals surface area contributed by atoms with E-state index < -0.39 is 6.09 Å². The third-order valence-electron chi connectivity index (χ3n) is 5.35. The Kier molecular flexibility index (Phi) is 9.06. The monoisotopic (exact) mass is 381 g/mol. The minimum atomic E-state index is -0.420. The molecule has 1 amide bonds. The zero-order valence-corrected chi connectivity index (χ0v) is 17.9. The second kappa shape index (κ2) is 11.5. The normalized spacial score (nSPS) is 10.7. The zero-order chi connectivity index (χ0) is 20.4. The molecule has 0 heterocycles. The van der Waals surface area contributed by atoms with Crippen molar-refractivity contribution in [2.75, 3.05) is 5.32 Å². The lowest BCUT2D eigenvalue weighted by molar-refractivity contribution is 0.214. The Morgan fingerprint density at radius 2 is 1.57 bits per heavy atom. The van der Waals surface area contributed by atoms with Gasteiger partial charge in [0.1, 0.15) is 5.75 Å². The Morgan fingerprint density at radius 1 is 0.893 bits per heavy atom. The molecule has 0 atom stereocenters. The van der Waals surface area contributed by atoms with Crippen molar-refractivity contribution in [2.45, 2.75) is 79.1 Å². The van der Waals surface area contributed by atoms with E-state index in [1.165, 1.54) is 43.2 Å². The van der Waals surface area contributed by atoms with Crippen molar-refractivity contribution in [3.8, 4) is 5.75 Å². The molecular weight excluding hydrogens is 346 g/mol. The number of aryl methyl sites for hydroxylation is 2. The molecule has 0 spiro atoms. The van der Waals surface area contributed by atoms with Gasteiger partial charge in [-0.2, -0.15) is 0 Å². The molecule has 2 rings (SSSR count). The number of amides is 1. The number of rotatable bonds is 10. The van der Waals surface area contributed by atoms with Crippen molar-refractivity contribution in [2.24, 2.45) is 0 Å². The number of ether oxygens (including phenoxy) is 1. The molecule has 0 saturated heterocycles. The van der Waals surface area contributed by atoms with E-state index in [1.807, 2.05) is 44.2 Å². The van der Waals surface area contributed by atoms with Crippen LogP contribution >= 0.6 is 0 Å². The van der Waals surface area contributed by atoms with Crippen LogP contribution in [-0.4, -0.2) is 6.09 Å². The summed E-state index contributed by atoms with van der Waals surface area (Å²) in [6.45, 7) is 8.48. The smallest absolute Gasteiger partial charge is 0.410 e. The van der Waals surface area contributed by atoms with Crippen molar-refractivity contribution >= 4 is 11.8 Å². The van der Waals surface area contributed by atoms with Crippen molar-refractivity contribution < 1.29 is 9.53 Å². The molecule has 3 nitrogen and oxygen atoms in total. The molecular formula is C25H35NO2. The summed E-state index contributed by atoms with van der Waals surface area (Å²) in [4.78, 5) is 12.6. The van der Waals surface area contributed by atoms with Crippen LogP contribution in [-0.2, 0) is 12.8 Å². The summed E-state index contributed by atoms with van der Waals surface area (Å²) in [7, 11) is 0. The summed E-state index contributed by atoms with van der Waals surface area (Å²) >= 11 is 0. The Balaban J connectivity index is 2.16. The van der Waals surface area contributed by atoms with Gasteiger partial charge < -0.3 is 4.74 Å². The molecule has 28 heavy (non-hydrogen) atoms. The minimum absolute atomic E-state index is 0.420. The van der Waals surface area contributed by atoms with Crippen LogP contribution in [0.5, 0.6) is 5.75 Å². The minimum Gasteiger partial charge on any atom is -0.410 e. The Hall–Kier alpha value is -2.29. The van der Waals surface area contributed by atoms with Crippen LogP contribution in [0.4, 0.5) is 10.5 Å². The van der Waals surface area contributed by atoms with Gasteiger partial charge in [0.05, 0.1) is 0 Å². The van der Waals surface area contributed by atoms with Crippen LogP contribution in [0.3, 0.4) is 0 Å². The van der Waals surface area contributed by atoms with E-state index in [0.29, 0.717) is 5.75 Å². The van der Waals surface area contributed by atoms with Gasteiger partial charge in [-0.15, -0.1) is 0 Å². The molecule has 0 aliphatic heterocycles. The number of anilines is 1. The number of benzene rings is 2. The lowest BCUT2D eigenvalue weighted by atomic mass is 9.96. The van der Waals surface area contributed by atoms with Crippen LogP contribution < -0.4 is 10.1 Å². The highest BCUT2D eigenvalue weighted by Gasteiger charge is 2.14. The van der Waals surface area contributed by atoms with E-state index in [2.05, 4.69) is 25.2 Å². The molecule has 0 fully saturated rings. The number of hydrogen-bond acceptors (Lipinski definition) is 2. The SMILES string of the molecule is CCCCCc1cccc(OC(=O)Nc2cccc(C)c2C)c1CCCCC. The molecule has 152 valence electrons. The molecule has 1 N–H and O–H groups in total. The van der Waals surface area contributed by atoms with Gasteiger partial charge in [0.25, 0.3) is 0 Å². The fourth-order valence-electron chi connectivity index (χ4n) is 3.46. The van der Waals surface area contributed by atoms with Crippen LogP contribution in [0.2, 0.25) is 0 Å². The topological polar surface area (TPSA) is 38.3 Å². The fourth-order valence-corrected chi connectivity index (χ4v) is 3.46. The molecule has 0 bridgehead atoms. The van der Waals surface area contributed by atoms with Gasteiger partial charge in [-0.1, -0.05) is 63.8 Å². The first-order valence-electron chi connectivity index (χ1n) is 10.7. The van der Waals surface area contributed by atoms with E-state index in [0.717, 1.165) is 36.1 Å². The van der Waals surface area contributed by atoms with E-state index in [-0.39, 0.29) is 0 Å². The number of unbranched alkanes of at least 4 members (excludes halogenated alkanes) is 4. The molecule has 0 aliphatic carbocycles. The second-order valence-electron chi connectivity index (χ2n) is 7.57. The third kappa shape index (κ3) is 6.40. The van der Waals surface area contributed by atoms with Crippen LogP contribution in [0.15, 0.2) is 36.4 Å². The molecule has 2 aromatic rings. The highest BCUT2D eigenvalue weighted by molar-refractivity contribution is 5.87. The number of hydrogen-bond donors (Lipinski definition) is 1. The summed E-state index contributed by atoms with van der Waals surface area (Å²) < 4.78 is 5.77. The molecule has 0 aliphatic rings. The van der Waals surface area contributed by atoms with Crippen molar-refractivity contribution in [1.29, 1.82) is 0 Å². The highest BCUT2D eigenvalue weighted by Crippen LogP contribution is 2.27. The van der Waals surface area contributed by atoms with Gasteiger partial charge in [-0.3, -0.25) is 5.32 Å². The quantitative estimate of drug-likeness (QED) is 0.436. The number of nitrogens with one attached hydrogen (secondary N) is 1. The first-order valence-corrected chi connectivity index (χ1v) is 10.7. The van der Waals surface area contributed by atoms with Crippen LogP contribution in [0.25, 0.3) is 0 Å². The summed E-state index contributed by atoms with van der Waals surface area (Å²) in [5.74, 6) is 0.702. The Labute approximate surface area is 170 Å². The first-order chi connectivity index (χ1) is 13.6. The maximum Gasteiger partial charge on any atom is 0.417 e. The van der Waals surface area contributed by atoms with E-state index >= 15 is 0 Å². The maximum absolute atomic E-state index is 12.6. The van der Waals surface area contributed by atoms with Crippen molar-refractivity contribution in [3.05, 3.63) is 58.7 Å². The molecule has 0 unspecified atom stereocenters. The van der Waals surface area contributed by atoms with Gasteiger partial charge in [0.2, 0.25) is 0 Å². The summed E-state index contributed by atoms with van der Waals surface area (Å²) in [6.07, 6.45) is 8.69. The maximum atomic E-state index is 12.6. The molecule has 0 saturated carbocycles. The number of carbonyl (C=O) groups excluding carboxylic acids is 1. The molecule has 2 aromatic carbocycles. The Morgan fingerprint density at radius 3 is 2.29 bits per heavy atom. The molecule has 0 radical (unpaired) electrons. The number of carbonyl (C=O) groups is 1. The average molecular weight is 382 g/mol. The van der Waals surface area contributed by atoms with E-state index in [1.54, 1.807) is 0 Å². The third-order valence-corrected chi connectivity index (χ3v) is 5.35. The standard InChI is InChI=1S/C25H35NO2/c1-5-7-9-14-21-15-12-18-24(22(21)16-10-8-6-2)28-25(27)26-23-17-11-13-19(3)20(23)4/h11-13,15,17-18H,5-10,14,16H2,1-4H3,(H,26,27). The van der Waals surface area contributed by atoms with Gasteiger partial charge in [-0.05, 0) is 73.9 Å². The van der Waals surface area contributed by atoms with Crippen LogP contribution in [0.1, 0.15) is 74.6 Å². The fraction of sp³-hybridized carbons (Fsp3) is 0.480. The molecule has 0 aromatic heterocycles. The van der Waals surface area contributed by atoms with Gasteiger partial charge in [0.15, 0.2) is 0 Å². The van der Waals surface area contributed by atoms with Gasteiger partial charge >= 0.3 is 6.09 Å². The highest BCUT2D eigenvalue weighted by atomic mass is 16.6. The second-order valence-corrected chi connectivity index (χ2v) is 7.57. The van der Waals surface area contributed by atoms with Crippen molar-refractivity contribution in [3.63, 3.8) is 0 Å². The van der Waals surface area contributed by atoms with Gasteiger partial charge in [-0.25, -0.2) is 4.79 Å². The Bertz CT molecular complexity index is 767.